The number of hydrogen-bond donors (Lipinski definition) is 0. The Morgan fingerprint density at radius 2 is 1.43 bits per heavy atom. The molecule has 0 atom stereocenters. The zero-order chi connectivity index (χ0) is 21.5. The van der Waals surface area contributed by atoms with Crippen molar-refractivity contribution in [3.8, 4) is 11.1 Å². The Labute approximate surface area is 155 Å². The van der Waals surface area contributed by atoms with Crippen LogP contribution in [0.1, 0.15) is 30.5 Å². The number of halogens is 9. The Morgan fingerprint density at radius 3 is 1.89 bits per heavy atom. The predicted molar refractivity (Wildman–Crippen MR) is 84.3 cm³/mol. The van der Waals surface area contributed by atoms with Gasteiger partial charge < -0.3 is 0 Å². The molecule has 0 amide bonds. The summed E-state index contributed by atoms with van der Waals surface area (Å²) in [5.41, 5.74) is -9.92. The molecule has 1 radical (unpaired) electrons. The Morgan fingerprint density at radius 1 is 0.857 bits per heavy atom. The van der Waals surface area contributed by atoms with E-state index in [-0.39, 0.29) is 24.0 Å². The minimum atomic E-state index is -6.39. The maximum absolute atomic E-state index is 14.9. The molecule has 0 N–H and O–H groups in total. The van der Waals surface area contributed by atoms with Crippen molar-refractivity contribution < 1.29 is 39.5 Å². The third kappa shape index (κ3) is 3.46. The summed E-state index contributed by atoms with van der Waals surface area (Å²) in [5.74, 6) is -3.17. The number of aryl methyl sites for hydroxylation is 2. The third-order valence-electron chi connectivity index (χ3n) is 4.31. The van der Waals surface area contributed by atoms with Gasteiger partial charge in [-0.05, 0) is 41.7 Å². The number of rotatable bonds is 4. The van der Waals surface area contributed by atoms with Gasteiger partial charge >= 0.3 is 18.0 Å². The molecule has 0 aromatic heterocycles. The largest absolute Gasteiger partial charge is 0.435 e. The van der Waals surface area contributed by atoms with Gasteiger partial charge in [-0.25, -0.2) is 13.2 Å². The van der Waals surface area contributed by atoms with E-state index in [1.807, 2.05) is 0 Å². The van der Waals surface area contributed by atoms with Crippen molar-refractivity contribution in [2.45, 2.75) is 44.7 Å². The van der Waals surface area contributed by atoms with Crippen molar-refractivity contribution in [2.24, 2.45) is 0 Å². The Bertz CT molecular complexity index is 849. The van der Waals surface area contributed by atoms with Crippen molar-refractivity contribution in [2.75, 3.05) is 0 Å². The molecule has 2 rings (SSSR count). The predicted octanol–water partition coefficient (Wildman–Crippen LogP) is 6.85. The maximum Gasteiger partial charge on any atom is 0.435 e. The Hall–Kier alpha value is -2.19. The lowest BCUT2D eigenvalue weighted by Crippen LogP contribution is -2.50. The lowest BCUT2D eigenvalue weighted by Gasteiger charge is -2.33. The highest BCUT2D eigenvalue weighted by Crippen LogP contribution is 2.56. The molecule has 0 aliphatic carbocycles. The third-order valence-corrected chi connectivity index (χ3v) is 4.31. The minimum absolute atomic E-state index is 0.0439. The van der Waals surface area contributed by atoms with Crippen LogP contribution in [-0.2, 0) is 18.5 Å². The topological polar surface area (TPSA) is 0 Å². The summed E-state index contributed by atoms with van der Waals surface area (Å²) in [5, 5.41) is 0. The van der Waals surface area contributed by atoms with Crippen LogP contribution >= 0.6 is 0 Å². The van der Waals surface area contributed by atoms with Crippen LogP contribution in [0.5, 0.6) is 0 Å². The summed E-state index contributed by atoms with van der Waals surface area (Å²) >= 11 is 0. The van der Waals surface area contributed by atoms with E-state index >= 15 is 0 Å². The van der Waals surface area contributed by atoms with E-state index < -0.39 is 46.3 Å². The van der Waals surface area contributed by atoms with Gasteiger partial charge in [-0.2, -0.15) is 26.3 Å². The molecular weight excluding hydrogens is 399 g/mol. The number of benzene rings is 2. The molecule has 0 unspecified atom stereocenters. The fraction of sp³-hybridized carbons (Fsp3) is 0.368. The molecular formula is C19H14F9. The molecule has 0 fully saturated rings. The molecule has 0 bridgehead atoms. The lowest BCUT2D eigenvalue weighted by molar-refractivity contribution is -0.348. The van der Waals surface area contributed by atoms with Gasteiger partial charge in [0.2, 0.25) is 0 Å². The summed E-state index contributed by atoms with van der Waals surface area (Å²) in [7, 11) is 0. The first-order valence-corrected chi connectivity index (χ1v) is 8.14. The van der Waals surface area contributed by atoms with E-state index in [4.69, 9.17) is 0 Å². The zero-order valence-electron chi connectivity index (χ0n) is 14.6. The van der Waals surface area contributed by atoms with E-state index in [1.165, 1.54) is 13.8 Å². The summed E-state index contributed by atoms with van der Waals surface area (Å²) < 4.78 is 123. The van der Waals surface area contributed by atoms with Crippen molar-refractivity contribution in [3.63, 3.8) is 0 Å². The Kier molecular flexibility index (Phi) is 5.78. The van der Waals surface area contributed by atoms with Gasteiger partial charge in [-0.1, -0.05) is 32.0 Å². The van der Waals surface area contributed by atoms with Crippen LogP contribution in [0.3, 0.4) is 0 Å². The number of alkyl halides is 7. The Balaban J connectivity index is 3.07. The highest BCUT2D eigenvalue weighted by atomic mass is 19.4. The highest BCUT2D eigenvalue weighted by molar-refractivity contribution is 5.74. The molecule has 0 spiro atoms. The van der Waals surface area contributed by atoms with Crippen LogP contribution < -0.4 is 0 Å². The van der Waals surface area contributed by atoms with Crippen LogP contribution in [0, 0.1) is 17.7 Å². The molecule has 0 saturated carbocycles. The second kappa shape index (κ2) is 7.33. The molecule has 0 nitrogen and oxygen atoms in total. The van der Waals surface area contributed by atoms with Gasteiger partial charge in [-0.3, -0.25) is 0 Å². The molecule has 153 valence electrons. The molecule has 28 heavy (non-hydrogen) atoms. The first-order chi connectivity index (χ1) is 12.8. The SMILES string of the molecule is CCc1[c]c(CC)c(-c2cccc(F)c2F)c(C(F)(C(F)(F)F)C(F)(F)F)c1. The average Bonchev–Trinajstić information content (AvgIpc) is 2.60. The zero-order valence-corrected chi connectivity index (χ0v) is 14.6. The van der Waals surface area contributed by atoms with E-state index in [0.717, 1.165) is 12.1 Å². The smallest absolute Gasteiger partial charge is 0.218 e. The fourth-order valence-electron chi connectivity index (χ4n) is 2.90. The lowest BCUT2D eigenvalue weighted by atomic mass is 9.82. The van der Waals surface area contributed by atoms with E-state index in [9.17, 15) is 39.5 Å². The molecule has 0 aliphatic rings. The minimum Gasteiger partial charge on any atom is -0.218 e. The molecule has 0 saturated heterocycles. The normalized spacial score (nSPS) is 13.1. The van der Waals surface area contributed by atoms with Crippen LogP contribution in [-0.4, -0.2) is 12.4 Å². The maximum atomic E-state index is 14.9. The van der Waals surface area contributed by atoms with Crippen LogP contribution in [0.4, 0.5) is 39.5 Å². The highest BCUT2D eigenvalue weighted by Gasteiger charge is 2.74. The quantitative estimate of drug-likeness (QED) is 0.481. The van der Waals surface area contributed by atoms with Crippen LogP contribution in [0.25, 0.3) is 11.1 Å². The summed E-state index contributed by atoms with van der Waals surface area (Å²) in [4.78, 5) is 0. The molecule has 2 aromatic carbocycles. The van der Waals surface area contributed by atoms with Crippen molar-refractivity contribution in [3.05, 3.63) is 58.7 Å². The fourth-order valence-corrected chi connectivity index (χ4v) is 2.90. The van der Waals surface area contributed by atoms with Gasteiger partial charge in [0, 0.05) is 11.1 Å². The van der Waals surface area contributed by atoms with E-state index in [0.29, 0.717) is 12.1 Å². The van der Waals surface area contributed by atoms with Gasteiger partial charge in [0.1, 0.15) is 0 Å². The summed E-state index contributed by atoms with van der Waals surface area (Å²) in [6.45, 7) is 2.80. The van der Waals surface area contributed by atoms with Crippen LogP contribution in [0.15, 0.2) is 24.3 Å². The van der Waals surface area contributed by atoms with Crippen molar-refractivity contribution >= 4 is 0 Å². The van der Waals surface area contributed by atoms with Crippen LogP contribution in [0.2, 0.25) is 0 Å². The van der Waals surface area contributed by atoms with Crippen molar-refractivity contribution in [1.82, 2.24) is 0 Å². The summed E-state index contributed by atoms with van der Waals surface area (Å²) in [6.07, 6.45) is -13.0. The monoisotopic (exact) mass is 413 g/mol. The summed E-state index contributed by atoms with van der Waals surface area (Å²) in [6, 6.07) is 5.29. The number of hydrogen-bond acceptors (Lipinski definition) is 0. The molecule has 2 aromatic rings. The molecule has 9 heteroatoms. The second-order valence-corrected chi connectivity index (χ2v) is 6.02. The van der Waals surface area contributed by atoms with Gasteiger partial charge in [0.15, 0.2) is 11.6 Å². The van der Waals surface area contributed by atoms with Gasteiger partial charge in [0.25, 0.3) is 0 Å². The average molecular weight is 413 g/mol. The second-order valence-electron chi connectivity index (χ2n) is 6.02. The van der Waals surface area contributed by atoms with E-state index in [2.05, 4.69) is 6.07 Å². The van der Waals surface area contributed by atoms with Crippen molar-refractivity contribution in [1.29, 1.82) is 0 Å². The molecule has 0 aliphatic heterocycles. The van der Waals surface area contributed by atoms with E-state index in [1.54, 1.807) is 0 Å². The standard InChI is InChI=1S/C19H14F9/c1-3-10-8-11(4-2)15(12-6-5-7-14(20)16(12)21)13(9-10)17(22,18(23,24)25)19(26,27)28/h5-7,9H,3-4H2,1-2H3. The molecule has 0 heterocycles. The first-order valence-electron chi connectivity index (χ1n) is 8.14. The van der Waals surface area contributed by atoms with Gasteiger partial charge in [-0.15, -0.1) is 0 Å². The first kappa shape index (κ1) is 22.1. The van der Waals surface area contributed by atoms with Gasteiger partial charge in [0.05, 0.1) is 0 Å².